The fraction of sp³-hybridized carbons (Fsp3) is 0.324. The second-order valence-electron chi connectivity index (χ2n) is 11.4. The molecule has 0 aliphatic carbocycles. The van der Waals surface area contributed by atoms with Gasteiger partial charge in [0, 0.05) is 21.4 Å². The molecule has 12 heteroatoms. The maximum absolute atomic E-state index is 12.8. The molecule has 0 radical (unpaired) electrons. The van der Waals surface area contributed by atoms with Gasteiger partial charge in [0.1, 0.15) is 28.1 Å². The molecule has 1 N–H and O–H groups in total. The first-order valence-corrected chi connectivity index (χ1v) is 18.0. The lowest BCUT2D eigenvalue weighted by Gasteiger charge is -2.20. The predicted octanol–water partition coefficient (Wildman–Crippen LogP) is 7.31. The van der Waals surface area contributed by atoms with Crippen LogP contribution in [0.3, 0.4) is 0 Å². The van der Waals surface area contributed by atoms with Crippen LogP contribution in [0.4, 0.5) is 0 Å². The Hall–Kier alpha value is -3.51. The van der Waals surface area contributed by atoms with Gasteiger partial charge in [-0.05, 0) is 73.9 Å². The van der Waals surface area contributed by atoms with E-state index < -0.39 is 22.0 Å². The monoisotopic (exact) mass is 700 g/mol. The van der Waals surface area contributed by atoms with Gasteiger partial charge in [0.25, 0.3) is 6.23 Å². The number of sulfone groups is 1. The maximum Gasteiger partial charge on any atom is 0.369 e. The molecular formula is C34H37ClN2O6S3. The van der Waals surface area contributed by atoms with E-state index in [1.807, 2.05) is 35.7 Å². The molecule has 0 saturated heterocycles. The summed E-state index contributed by atoms with van der Waals surface area (Å²) in [6.07, 6.45) is -0.203. The Labute approximate surface area is 285 Å². The Kier molecular flexibility index (Phi) is 12.2. The lowest BCUT2D eigenvalue weighted by atomic mass is 9.93. The number of thiazole rings is 1. The highest BCUT2D eigenvalue weighted by atomic mass is 35.5. The SMILES string of the molecule is CCOC(=O)C(NC(=S)c1cccc(OCc2nc(C(C)(C)C)cs2)c1)Oc1ccc(CCCS(=O)(=O)c2ccc(Cl)cc2)cc1. The van der Waals surface area contributed by atoms with Crippen LogP contribution >= 0.6 is 35.2 Å². The van der Waals surface area contributed by atoms with Gasteiger partial charge in [-0.3, -0.25) is 0 Å². The van der Waals surface area contributed by atoms with Gasteiger partial charge in [-0.25, -0.2) is 18.2 Å². The lowest BCUT2D eigenvalue weighted by molar-refractivity contribution is -0.152. The van der Waals surface area contributed by atoms with Crippen LogP contribution in [0.2, 0.25) is 5.02 Å². The molecule has 1 atom stereocenters. The van der Waals surface area contributed by atoms with Gasteiger partial charge in [-0.2, -0.15) is 0 Å². The summed E-state index contributed by atoms with van der Waals surface area (Å²) in [5.74, 6) is 0.418. The normalized spacial score (nSPS) is 12.3. The van der Waals surface area contributed by atoms with Crippen molar-refractivity contribution in [3.05, 3.63) is 105 Å². The molecule has 8 nitrogen and oxygen atoms in total. The quantitative estimate of drug-likeness (QED) is 0.0824. The Balaban J connectivity index is 1.34. The van der Waals surface area contributed by atoms with Crippen molar-refractivity contribution in [2.45, 2.75) is 63.7 Å². The van der Waals surface area contributed by atoms with E-state index >= 15 is 0 Å². The molecule has 0 fully saturated rings. The van der Waals surface area contributed by atoms with E-state index in [0.29, 0.717) is 41.5 Å². The standard InChI is InChI=1S/C34H37ClN2O6S3/c1-5-41-33(38)31(37-32(44)24-9-6-10-27(20-24)42-21-30-36-29(22-45-30)34(2,3)4)43-26-15-11-23(12-16-26)8-7-19-46(39,40)28-17-13-25(35)14-18-28/h6,9-18,20,22,31H,5,7-8,19,21H2,1-4H3,(H,37,44). The summed E-state index contributed by atoms with van der Waals surface area (Å²) in [5.41, 5.74) is 2.56. The minimum absolute atomic E-state index is 0.00841. The molecule has 1 unspecified atom stereocenters. The van der Waals surface area contributed by atoms with E-state index in [-0.39, 0.29) is 27.7 Å². The van der Waals surface area contributed by atoms with Crippen molar-refractivity contribution < 1.29 is 27.4 Å². The second kappa shape index (κ2) is 15.9. The number of carbonyl (C=O) groups is 1. The number of esters is 1. The predicted molar refractivity (Wildman–Crippen MR) is 186 cm³/mol. The van der Waals surface area contributed by atoms with Gasteiger partial charge in [0.05, 0.1) is 22.9 Å². The number of ether oxygens (including phenoxy) is 3. The van der Waals surface area contributed by atoms with Crippen LogP contribution in [0.5, 0.6) is 11.5 Å². The third kappa shape index (κ3) is 10.2. The average molecular weight is 701 g/mol. The Bertz CT molecular complexity index is 1730. The Morgan fingerprint density at radius 3 is 2.41 bits per heavy atom. The molecule has 0 aliphatic rings. The van der Waals surface area contributed by atoms with Crippen LogP contribution in [-0.2, 0) is 37.8 Å². The van der Waals surface area contributed by atoms with Gasteiger partial charge < -0.3 is 19.5 Å². The highest BCUT2D eigenvalue weighted by molar-refractivity contribution is 7.91. The first-order chi connectivity index (χ1) is 21.8. The average Bonchev–Trinajstić information content (AvgIpc) is 3.51. The number of hydrogen-bond acceptors (Lipinski definition) is 9. The van der Waals surface area contributed by atoms with Crippen LogP contribution in [0.15, 0.2) is 83.1 Å². The van der Waals surface area contributed by atoms with Gasteiger partial charge in [0.15, 0.2) is 9.84 Å². The van der Waals surface area contributed by atoms with Crippen molar-refractivity contribution in [3.63, 3.8) is 0 Å². The van der Waals surface area contributed by atoms with E-state index in [2.05, 4.69) is 31.1 Å². The number of hydrogen-bond donors (Lipinski definition) is 1. The lowest BCUT2D eigenvalue weighted by Crippen LogP contribution is -2.45. The van der Waals surface area contributed by atoms with Crippen LogP contribution in [-0.4, -0.2) is 42.9 Å². The van der Waals surface area contributed by atoms with Crippen molar-refractivity contribution in [1.29, 1.82) is 0 Å². The number of benzene rings is 3. The molecule has 1 heterocycles. The van der Waals surface area contributed by atoms with E-state index in [9.17, 15) is 13.2 Å². The van der Waals surface area contributed by atoms with Crippen LogP contribution < -0.4 is 14.8 Å². The van der Waals surface area contributed by atoms with Crippen molar-refractivity contribution in [2.24, 2.45) is 0 Å². The summed E-state index contributed by atoms with van der Waals surface area (Å²) in [7, 11) is -3.41. The summed E-state index contributed by atoms with van der Waals surface area (Å²) in [4.78, 5) is 18.0. The number of aryl methyl sites for hydroxylation is 1. The number of rotatable bonds is 14. The minimum Gasteiger partial charge on any atom is -0.486 e. The van der Waals surface area contributed by atoms with E-state index in [1.165, 1.54) is 12.1 Å². The number of nitrogens with zero attached hydrogens (tertiary/aromatic N) is 1. The molecular weight excluding hydrogens is 664 g/mol. The Morgan fingerprint density at radius 2 is 1.76 bits per heavy atom. The zero-order valence-electron chi connectivity index (χ0n) is 26.1. The van der Waals surface area contributed by atoms with Gasteiger partial charge in [0.2, 0.25) is 0 Å². The fourth-order valence-electron chi connectivity index (χ4n) is 4.25. The molecule has 1 aromatic heterocycles. The number of thiocarbonyl (C=S) groups is 1. The fourth-order valence-corrected chi connectivity index (χ4v) is 6.85. The summed E-state index contributed by atoms with van der Waals surface area (Å²) in [6, 6.07) is 20.5. The van der Waals surface area contributed by atoms with Crippen molar-refractivity contribution >= 4 is 56.0 Å². The van der Waals surface area contributed by atoms with Gasteiger partial charge in [-0.1, -0.05) is 68.9 Å². The van der Waals surface area contributed by atoms with E-state index in [0.717, 1.165) is 16.3 Å². The van der Waals surface area contributed by atoms with Crippen molar-refractivity contribution in [3.8, 4) is 11.5 Å². The van der Waals surface area contributed by atoms with Gasteiger partial charge in [-0.15, -0.1) is 11.3 Å². The number of halogens is 1. The largest absolute Gasteiger partial charge is 0.486 e. The molecule has 3 aromatic carbocycles. The van der Waals surface area contributed by atoms with Crippen molar-refractivity contribution in [1.82, 2.24) is 10.3 Å². The zero-order valence-corrected chi connectivity index (χ0v) is 29.3. The maximum atomic E-state index is 12.8. The molecule has 4 aromatic rings. The first-order valence-electron chi connectivity index (χ1n) is 14.7. The molecule has 4 rings (SSSR count). The van der Waals surface area contributed by atoms with Crippen LogP contribution in [0, 0.1) is 0 Å². The highest BCUT2D eigenvalue weighted by Crippen LogP contribution is 2.25. The number of aromatic nitrogens is 1. The second-order valence-corrected chi connectivity index (χ2v) is 15.3. The van der Waals surface area contributed by atoms with Gasteiger partial charge >= 0.3 is 5.97 Å². The molecule has 0 saturated carbocycles. The molecule has 0 amide bonds. The summed E-state index contributed by atoms with van der Waals surface area (Å²) in [5, 5.41) is 6.38. The van der Waals surface area contributed by atoms with Crippen molar-refractivity contribution in [2.75, 3.05) is 12.4 Å². The summed E-state index contributed by atoms with van der Waals surface area (Å²) >= 11 is 13.0. The third-order valence-electron chi connectivity index (χ3n) is 6.77. The number of carbonyl (C=O) groups excluding carboxylic acids is 1. The topological polar surface area (TPSA) is 104 Å². The van der Waals surface area contributed by atoms with E-state index in [1.54, 1.807) is 48.6 Å². The molecule has 0 bridgehead atoms. The molecule has 46 heavy (non-hydrogen) atoms. The zero-order chi connectivity index (χ0) is 33.3. The van der Waals surface area contributed by atoms with Crippen LogP contribution in [0.1, 0.15) is 55.9 Å². The summed E-state index contributed by atoms with van der Waals surface area (Å²) < 4.78 is 42.4. The minimum atomic E-state index is -3.41. The van der Waals surface area contributed by atoms with E-state index in [4.69, 9.17) is 38.0 Å². The molecule has 244 valence electrons. The first kappa shape index (κ1) is 35.3. The number of nitrogens with one attached hydrogen (secondary N) is 1. The third-order valence-corrected chi connectivity index (χ3v) is 10.0. The van der Waals surface area contributed by atoms with Crippen LogP contribution in [0.25, 0.3) is 0 Å². The highest BCUT2D eigenvalue weighted by Gasteiger charge is 2.24. The molecule has 0 spiro atoms. The summed E-state index contributed by atoms with van der Waals surface area (Å²) in [6.45, 7) is 8.57. The molecule has 0 aliphatic heterocycles. The smallest absolute Gasteiger partial charge is 0.369 e. The Morgan fingerprint density at radius 1 is 1.04 bits per heavy atom.